The molecule has 1 aromatic carbocycles. The highest BCUT2D eigenvalue weighted by molar-refractivity contribution is 6.30. The summed E-state index contributed by atoms with van der Waals surface area (Å²) in [6, 6.07) is 5.21. The van der Waals surface area contributed by atoms with E-state index < -0.39 is 5.97 Å². The van der Waals surface area contributed by atoms with Gasteiger partial charge in [-0.15, -0.1) is 5.11 Å². The molecule has 0 saturated carbocycles. The largest absolute Gasteiger partial charge is 0.480 e. The number of carboxylic acid groups (broad SMARTS) is 1. The third-order valence-corrected chi connectivity index (χ3v) is 2.06. The number of benzene rings is 1. The lowest BCUT2D eigenvalue weighted by molar-refractivity contribution is -0.138. The zero-order valence-corrected chi connectivity index (χ0v) is 9.77. The zero-order chi connectivity index (χ0) is 12.1. The molecule has 86 valence electrons. The smallest absolute Gasteiger partial charge is 0.324 e. The number of hydrogen-bond donors (Lipinski definition) is 1. The highest BCUT2D eigenvalue weighted by Crippen LogP contribution is 2.22. The average molecular weight is 242 g/mol. The van der Waals surface area contributed by atoms with Crippen LogP contribution >= 0.6 is 11.6 Å². The van der Waals surface area contributed by atoms with E-state index in [1.54, 1.807) is 25.2 Å². The molecule has 0 fully saturated rings. The Hall–Kier alpha value is -1.62. The Morgan fingerprint density at radius 3 is 2.81 bits per heavy atom. The van der Waals surface area contributed by atoms with Crippen LogP contribution in [0.4, 0.5) is 5.69 Å². The molecule has 1 aromatic rings. The van der Waals surface area contributed by atoms with Crippen molar-refractivity contribution < 1.29 is 9.90 Å². The van der Waals surface area contributed by atoms with Gasteiger partial charge >= 0.3 is 5.97 Å². The lowest BCUT2D eigenvalue weighted by Gasteiger charge is -2.07. The molecule has 0 atom stereocenters. The molecule has 0 saturated heterocycles. The molecule has 5 nitrogen and oxygen atoms in total. The summed E-state index contributed by atoms with van der Waals surface area (Å²) in [6.45, 7) is 1.67. The number of aliphatic carboxylic acids is 1. The number of hydrogen-bond acceptors (Lipinski definition) is 3. The normalized spacial score (nSPS) is 10.7. The van der Waals surface area contributed by atoms with Crippen LogP contribution in [0.3, 0.4) is 0 Å². The van der Waals surface area contributed by atoms with E-state index in [4.69, 9.17) is 16.7 Å². The van der Waals surface area contributed by atoms with Gasteiger partial charge in [-0.3, -0.25) is 9.80 Å². The topological polar surface area (TPSA) is 65.3 Å². The molecule has 0 radical (unpaired) electrons. The molecule has 0 aliphatic rings. The van der Waals surface area contributed by atoms with Crippen molar-refractivity contribution in [3.05, 3.63) is 28.8 Å². The fourth-order valence-electron chi connectivity index (χ4n) is 1.08. The summed E-state index contributed by atoms with van der Waals surface area (Å²) in [4.78, 5) is 10.4. The van der Waals surface area contributed by atoms with Gasteiger partial charge in [0.1, 0.15) is 6.54 Å². The van der Waals surface area contributed by atoms with E-state index in [1.807, 2.05) is 6.92 Å². The number of carbonyl (C=O) groups is 1. The second-order valence-corrected chi connectivity index (χ2v) is 3.77. The molecule has 0 aromatic heterocycles. The molecule has 1 N–H and O–H groups in total. The van der Waals surface area contributed by atoms with Crippen molar-refractivity contribution in [2.75, 3.05) is 13.6 Å². The van der Waals surface area contributed by atoms with E-state index in [-0.39, 0.29) is 6.54 Å². The predicted octanol–water partition coefficient (Wildman–Crippen LogP) is 2.66. The predicted molar refractivity (Wildman–Crippen MR) is 61.0 cm³/mol. The van der Waals surface area contributed by atoms with Gasteiger partial charge in [0.25, 0.3) is 0 Å². The van der Waals surface area contributed by atoms with E-state index in [0.717, 1.165) is 5.56 Å². The minimum atomic E-state index is -0.950. The summed E-state index contributed by atoms with van der Waals surface area (Å²) < 4.78 is 0. The van der Waals surface area contributed by atoms with Gasteiger partial charge in [0.2, 0.25) is 0 Å². The van der Waals surface area contributed by atoms with Crippen molar-refractivity contribution in [2.24, 2.45) is 10.3 Å². The standard InChI is InChI=1S/C10H12ClN3O2/c1-7-5-8(11)3-4-9(7)12-13-14(2)6-10(15)16/h3-5H,6H2,1-2H3,(H,15,16). The molecule has 0 bridgehead atoms. The van der Waals surface area contributed by atoms with Crippen molar-refractivity contribution in [3.8, 4) is 0 Å². The summed E-state index contributed by atoms with van der Waals surface area (Å²) in [6.07, 6.45) is 0. The van der Waals surface area contributed by atoms with Gasteiger partial charge in [0, 0.05) is 12.1 Å². The quantitative estimate of drug-likeness (QED) is 0.651. The van der Waals surface area contributed by atoms with Crippen LogP contribution in [0.2, 0.25) is 5.02 Å². The lowest BCUT2D eigenvalue weighted by Crippen LogP contribution is -2.19. The van der Waals surface area contributed by atoms with Crippen LogP contribution in [0.5, 0.6) is 0 Å². The minimum Gasteiger partial charge on any atom is -0.480 e. The van der Waals surface area contributed by atoms with Crippen molar-refractivity contribution >= 4 is 23.3 Å². The van der Waals surface area contributed by atoms with Gasteiger partial charge < -0.3 is 5.11 Å². The summed E-state index contributed by atoms with van der Waals surface area (Å²) >= 11 is 5.79. The molecule has 6 heteroatoms. The maximum absolute atomic E-state index is 10.4. The molecular formula is C10H12ClN3O2. The fraction of sp³-hybridized carbons (Fsp3) is 0.300. The van der Waals surface area contributed by atoms with Gasteiger partial charge in [-0.1, -0.05) is 16.8 Å². The number of carboxylic acids is 1. The number of aryl methyl sites for hydroxylation is 1. The summed E-state index contributed by atoms with van der Waals surface area (Å²) in [5, 5.41) is 18.1. The van der Waals surface area contributed by atoms with Crippen LogP contribution in [0.15, 0.2) is 28.5 Å². The molecule has 0 unspecified atom stereocenters. The lowest BCUT2D eigenvalue weighted by atomic mass is 10.2. The third-order valence-electron chi connectivity index (χ3n) is 1.83. The van der Waals surface area contributed by atoms with E-state index in [0.29, 0.717) is 10.7 Å². The van der Waals surface area contributed by atoms with Crippen LogP contribution < -0.4 is 0 Å². The van der Waals surface area contributed by atoms with Crippen LogP contribution in [-0.2, 0) is 4.79 Å². The van der Waals surface area contributed by atoms with E-state index in [9.17, 15) is 4.79 Å². The van der Waals surface area contributed by atoms with Gasteiger partial charge in [-0.05, 0) is 30.7 Å². The molecule has 0 aliphatic carbocycles. The minimum absolute atomic E-state index is 0.184. The Balaban J connectivity index is 2.72. The Morgan fingerprint density at radius 2 is 2.25 bits per heavy atom. The maximum Gasteiger partial charge on any atom is 0.324 e. The van der Waals surface area contributed by atoms with Crippen molar-refractivity contribution in [1.29, 1.82) is 0 Å². The zero-order valence-electron chi connectivity index (χ0n) is 9.01. The van der Waals surface area contributed by atoms with E-state index >= 15 is 0 Å². The second-order valence-electron chi connectivity index (χ2n) is 3.33. The first kappa shape index (κ1) is 12.4. The van der Waals surface area contributed by atoms with Crippen LogP contribution in [-0.4, -0.2) is 29.7 Å². The molecule has 1 rings (SSSR count). The number of rotatable bonds is 4. The second kappa shape index (κ2) is 5.46. The first-order valence-corrected chi connectivity index (χ1v) is 4.97. The van der Waals surface area contributed by atoms with E-state index in [2.05, 4.69) is 10.3 Å². The summed E-state index contributed by atoms with van der Waals surface area (Å²) in [5.41, 5.74) is 1.56. The Morgan fingerprint density at radius 1 is 1.56 bits per heavy atom. The Labute approximate surface area is 98.3 Å². The molecule has 16 heavy (non-hydrogen) atoms. The van der Waals surface area contributed by atoms with Gasteiger partial charge in [0.15, 0.2) is 0 Å². The van der Waals surface area contributed by atoms with Crippen LogP contribution in [0, 0.1) is 6.92 Å². The highest BCUT2D eigenvalue weighted by Gasteiger charge is 2.01. The van der Waals surface area contributed by atoms with Gasteiger partial charge in [-0.2, -0.15) is 0 Å². The molecule has 0 aliphatic heterocycles. The van der Waals surface area contributed by atoms with Gasteiger partial charge in [-0.25, -0.2) is 0 Å². The Bertz CT molecular complexity index is 421. The molecule has 0 amide bonds. The molecule has 0 heterocycles. The number of nitrogens with zero attached hydrogens (tertiary/aromatic N) is 3. The Kier molecular flexibility index (Phi) is 4.25. The molecular weight excluding hydrogens is 230 g/mol. The number of halogens is 1. The van der Waals surface area contributed by atoms with Crippen LogP contribution in [0.1, 0.15) is 5.56 Å². The average Bonchev–Trinajstić information content (AvgIpc) is 2.15. The van der Waals surface area contributed by atoms with Gasteiger partial charge in [0.05, 0.1) is 5.69 Å². The van der Waals surface area contributed by atoms with Crippen molar-refractivity contribution in [2.45, 2.75) is 6.92 Å². The summed E-state index contributed by atoms with van der Waals surface area (Å²) in [5.74, 6) is -0.950. The SMILES string of the molecule is Cc1cc(Cl)ccc1N=NN(C)CC(=O)O. The number of likely N-dealkylation sites (N-methyl/N-ethyl adjacent to an activating group) is 1. The summed E-state index contributed by atoms with van der Waals surface area (Å²) in [7, 11) is 1.54. The monoisotopic (exact) mass is 241 g/mol. The van der Waals surface area contributed by atoms with Crippen molar-refractivity contribution in [1.82, 2.24) is 5.01 Å². The first-order chi connectivity index (χ1) is 7.49. The fourth-order valence-corrected chi connectivity index (χ4v) is 1.31. The molecule has 0 spiro atoms. The van der Waals surface area contributed by atoms with Crippen molar-refractivity contribution in [3.63, 3.8) is 0 Å². The van der Waals surface area contributed by atoms with E-state index in [1.165, 1.54) is 5.01 Å². The maximum atomic E-state index is 10.4. The van der Waals surface area contributed by atoms with Crippen LogP contribution in [0.25, 0.3) is 0 Å². The highest BCUT2D eigenvalue weighted by atomic mass is 35.5. The third kappa shape index (κ3) is 3.86. The first-order valence-electron chi connectivity index (χ1n) is 4.60.